The monoisotopic (exact) mass is 260 g/mol. The predicted molar refractivity (Wildman–Crippen MR) is 64.6 cm³/mol. The molecule has 17 heavy (non-hydrogen) atoms. The lowest BCUT2D eigenvalue weighted by Crippen LogP contribution is -2.48. The van der Waals surface area contributed by atoms with Crippen molar-refractivity contribution in [1.29, 1.82) is 0 Å². The van der Waals surface area contributed by atoms with Crippen LogP contribution >= 0.6 is 0 Å². The van der Waals surface area contributed by atoms with Gasteiger partial charge >= 0.3 is 0 Å². The molecule has 1 aromatic rings. The third-order valence-corrected chi connectivity index (χ3v) is 4.07. The zero-order chi connectivity index (χ0) is 13.3. The summed E-state index contributed by atoms with van der Waals surface area (Å²) in [5, 5.41) is 0. The Labute approximate surface area is 101 Å². The van der Waals surface area contributed by atoms with Gasteiger partial charge in [-0.2, -0.15) is 0 Å². The summed E-state index contributed by atoms with van der Waals surface area (Å²) in [6.07, 6.45) is 0. The van der Waals surface area contributed by atoms with Gasteiger partial charge in [-0.3, -0.25) is 0 Å². The van der Waals surface area contributed by atoms with Gasteiger partial charge in [-0.1, -0.05) is 6.07 Å². The molecule has 1 aromatic carbocycles. The number of aryl methyl sites for hydroxylation is 1. The van der Waals surface area contributed by atoms with Crippen LogP contribution in [0.2, 0.25) is 0 Å². The highest BCUT2D eigenvalue weighted by Crippen LogP contribution is 2.16. The van der Waals surface area contributed by atoms with Crippen LogP contribution in [-0.4, -0.2) is 20.5 Å². The number of nitrogens with one attached hydrogen (secondary N) is 1. The van der Waals surface area contributed by atoms with E-state index in [0.717, 1.165) is 6.07 Å². The van der Waals surface area contributed by atoms with Crippen LogP contribution in [0, 0.1) is 12.7 Å². The first-order valence-corrected chi connectivity index (χ1v) is 6.66. The van der Waals surface area contributed by atoms with Gasteiger partial charge in [-0.05, 0) is 38.5 Å². The van der Waals surface area contributed by atoms with Gasteiger partial charge in [0, 0.05) is 12.1 Å². The predicted octanol–water partition coefficient (Wildman–Crippen LogP) is 1.15. The van der Waals surface area contributed by atoms with Crippen molar-refractivity contribution >= 4 is 10.0 Å². The second kappa shape index (κ2) is 4.72. The van der Waals surface area contributed by atoms with Crippen molar-refractivity contribution in [3.8, 4) is 0 Å². The Morgan fingerprint density at radius 2 is 2.00 bits per heavy atom. The number of rotatable bonds is 4. The van der Waals surface area contributed by atoms with E-state index in [2.05, 4.69) is 4.72 Å². The van der Waals surface area contributed by atoms with E-state index in [1.165, 1.54) is 12.1 Å². The molecule has 0 saturated heterocycles. The van der Waals surface area contributed by atoms with Crippen LogP contribution in [0.4, 0.5) is 4.39 Å². The third kappa shape index (κ3) is 3.49. The second-order valence-corrected chi connectivity index (χ2v) is 6.29. The van der Waals surface area contributed by atoms with E-state index in [-0.39, 0.29) is 11.4 Å². The van der Waals surface area contributed by atoms with Crippen molar-refractivity contribution in [3.05, 3.63) is 29.6 Å². The molecule has 0 saturated carbocycles. The summed E-state index contributed by atoms with van der Waals surface area (Å²) in [4.78, 5) is -0.0953. The van der Waals surface area contributed by atoms with Crippen molar-refractivity contribution < 1.29 is 12.8 Å². The van der Waals surface area contributed by atoms with Gasteiger partial charge in [-0.25, -0.2) is 17.5 Å². The number of nitrogens with two attached hydrogens (primary N) is 1. The van der Waals surface area contributed by atoms with Gasteiger partial charge in [0.2, 0.25) is 10.0 Å². The summed E-state index contributed by atoms with van der Waals surface area (Å²) in [5.74, 6) is -0.543. The first-order chi connectivity index (χ1) is 7.68. The summed E-state index contributed by atoms with van der Waals surface area (Å²) in [5.41, 5.74) is 5.09. The SMILES string of the molecule is Cc1ccc(S(=O)(=O)NC(C)(C)CN)cc1F. The Morgan fingerprint density at radius 1 is 1.41 bits per heavy atom. The average molecular weight is 260 g/mol. The zero-order valence-corrected chi connectivity index (χ0v) is 10.9. The maximum atomic E-state index is 13.3. The molecular weight excluding hydrogens is 243 g/mol. The lowest BCUT2D eigenvalue weighted by molar-refractivity contribution is 0.462. The zero-order valence-electron chi connectivity index (χ0n) is 10.1. The molecule has 0 fully saturated rings. The van der Waals surface area contributed by atoms with E-state index in [4.69, 9.17) is 5.73 Å². The molecule has 0 bridgehead atoms. The average Bonchev–Trinajstić information content (AvgIpc) is 2.20. The van der Waals surface area contributed by atoms with Gasteiger partial charge in [0.15, 0.2) is 0 Å². The van der Waals surface area contributed by atoms with Crippen molar-refractivity contribution in [2.75, 3.05) is 6.54 Å². The molecule has 0 unspecified atom stereocenters. The molecule has 0 aromatic heterocycles. The molecule has 1 rings (SSSR count). The summed E-state index contributed by atoms with van der Waals surface area (Å²) < 4.78 is 39.6. The van der Waals surface area contributed by atoms with Gasteiger partial charge in [0.1, 0.15) is 5.82 Å². The van der Waals surface area contributed by atoms with E-state index >= 15 is 0 Å². The fraction of sp³-hybridized carbons (Fsp3) is 0.455. The Bertz CT molecular complexity index is 512. The largest absolute Gasteiger partial charge is 0.329 e. The quantitative estimate of drug-likeness (QED) is 0.853. The van der Waals surface area contributed by atoms with E-state index in [9.17, 15) is 12.8 Å². The van der Waals surface area contributed by atoms with Crippen LogP contribution in [0.1, 0.15) is 19.4 Å². The number of sulfonamides is 1. The van der Waals surface area contributed by atoms with Crippen LogP contribution in [0.25, 0.3) is 0 Å². The summed E-state index contributed by atoms with van der Waals surface area (Å²) in [7, 11) is -3.74. The second-order valence-electron chi connectivity index (χ2n) is 4.60. The Balaban J connectivity index is 3.10. The van der Waals surface area contributed by atoms with Crippen LogP contribution in [0.3, 0.4) is 0 Å². The van der Waals surface area contributed by atoms with E-state index < -0.39 is 21.4 Å². The molecule has 96 valence electrons. The molecule has 0 aliphatic carbocycles. The minimum Gasteiger partial charge on any atom is -0.329 e. The van der Waals surface area contributed by atoms with Crippen LogP contribution in [0.5, 0.6) is 0 Å². The number of hydrogen-bond acceptors (Lipinski definition) is 3. The normalized spacial score (nSPS) is 12.8. The van der Waals surface area contributed by atoms with Crippen LogP contribution in [-0.2, 0) is 10.0 Å². The maximum Gasteiger partial charge on any atom is 0.241 e. The molecule has 4 nitrogen and oxygen atoms in total. The summed E-state index contributed by atoms with van der Waals surface area (Å²) >= 11 is 0. The highest BCUT2D eigenvalue weighted by molar-refractivity contribution is 7.89. The Hall–Kier alpha value is -0.980. The number of halogens is 1. The lowest BCUT2D eigenvalue weighted by Gasteiger charge is -2.23. The first-order valence-electron chi connectivity index (χ1n) is 5.18. The van der Waals surface area contributed by atoms with E-state index in [1.807, 2.05) is 0 Å². The topological polar surface area (TPSA) is 72.2 Å². The Morgan fingerprint density at radius 3 is 2.47 bits per heavy atom. The Kier molecular flexibility index (Phi) is 3.91. The van der Waals surface area contributed by atoms with Gasteiger partial charge < -0.3 is 5.73 Å². The van der Waals surface area contributed by atoms with Crippen molar-refractivity contribution in [3.63, 3.8) is 0 Å². The number of benzene rings is 1. The fourth-order valence-corrected chi connectivity index (χ4v) is 2.64. The van der Waals surface area contributed by atoms with Gasteiger partial charge in [0.25, 0.3) is 0 Å². The van der Waals surface area contributed by atoms with E-state index in [0.29, 0.717) is 5.56 Å². The van der Waals surface area contributed by atoms with Crippen LogP contribution < -0.4 is 10.5 Å². The lowest BCUT2D eigenvalue weighted by atomic mass is 10.1. The van der Waals surface area contributed by atoms with Gasteiger partial charge in [-0.15, -0.1) is 0 Å². The fourth-order valence-electron chi connectivity index (χ4n) is 1.21. The molecule has 0 atom stereocenters. The molecule has 0 amide bonds. The standard InChI is InChI=1S/C11H17FN2O2S/c1-8-4-5-9(6-10(8)12)17(15,16)14-11(2,3)7-13/h4-6,14H,7,13H2,1-3H3. The number of hydrogen-bond donors (Lipinski definition) is 2. The molecule has 0 radical (unpaired) electrons. The van der Waals surface area contributed by atoms with Crippen molar-refractivity contribution in [1.82, 2.24) is 4.72 Å². The van der Waals surface area contributed by atoms with Gasteiger partial charge in [0.05, 0.1) is 4.90 Å². The molecule has 0 spiro atoms. The molecular formula is C11H17FN2O2S. The smallest absolute Gasteiger partial charge is 0.241 e. The van der Waals surface area contributed by atoms with Crippen LogP contribution in [0.15, 0.2) is 23.1 Å². The maximum absolute atomic E-state index is 13.3. The third-order valence-electron chi connectivity index (χ3n) is 2.37. The van der Waals surface area contributed by atoms with Crippen molar-refractivity contribution in [2.45, 2.75) is 31.2 Å². The van der Waals surface area contributed by atoms with Crippen molar-refractivity contribution in [2.24, 2.45) is 5.73 Å². The summed E-state index contributed by atoms with van der Waals surface area (Å²) in [6.45, 7) is 5.05. The molecule has 6 heteroatoms. The minimum atomic E-state index is -3.74. The molecule has 0 heterocycles. The highest BCUT2D eigenvalue weighted by atomic mass is 32.2. The molecule has 0 aliphatic rings. The molecule has 3 N–H and O–H groups in total. The molecule has 0 aliphatic heterocycles. The van der Waals surface area contributed by atoms with E-state index in [1.54, 1.807) is 20.8 Å². The minimum absolute atomic E-state index is 0.0953. The summed E-state index contributed by atoms with van der Waals surface area (Å²) in [6, 6.07) is 3.80. The first kappa shape index (κ1) is 14.1. The highest BCUT2D eigenvalue weighted by Gasteiger charge is 2.25.